The number of nitrogens with two attached hydrogens (primary N) is 1. The predicted molar refractivity (Wildman–Crippen MR) is 85.4 cm³/mol. The third-order valence-electron chi connectivity index (χ3n) is 4.12. The van der Waals surface area contributed by atoms with Crippen molar-refractivity contribution in [1.82, 2.24) is 5.43 Å². The normalized spacial score (nSPS) is 23.1. The molecule has 1 aromatic carbocycles. The van der Waals surface area contributed by atoms with E-state index < -0.39 is 0 Å². The van der Waals surface area contributed by atoms with Crippen LogP contribution in [0.25, 0.3) is 0 Å². The summed E-state index contributed by atoms with van der Waals surface area (Å²) in [4.78, 5) is 0. The Morgan fingerprint density at radius 1 is 1.43 bits per heavy atom. The van der Waals surface area contributed by atoms with Crippen molar-refractivity contribution in [3.63, 3.8) is 0 Å². The molecule has 1 fully saturated rings. The summed E-state index contributed by atoms with van der Waals surface area (Å²) in [6.45, 7) is 2.92. The zero-order valence-electron chi connectivity index (χ0n) is 12.7. The van der Waals surface area contributed by atoms with E-state index in [-0.39, 0.29) is 12.1 Å². The van der Waals surface area contributed by atoms with Gasteiger partial charge in [0.1, 0.15) is 16.0 Å². The molecule has 3 unspecified atom stereocenters. The molecule has 0 amide bonds. The minimum Gasteiger partial charge on any atom is -0.495 e. The first-order chi connectivity index (χ1) is 10.2. The molecule has 2 rings (SSSR count). The van der Waals surface area contributed by atoms with Crippen LogP contribution in [0.5, 0.6) is 11.5 Å². The van der Waals surface area contributed by atoms with E-state index >= 15 is 0 Å². The third kappa shape index (κ3) is 3.18. The first kappa shape index (κ1) is 16.5. The monoisotopic (exact) mass is 358 g/mol. The van der Waals surface area contributed by atoms with E-state index in [9.17, 15) is 0 Å². The van der Waals surface area contributed by atoms with E-state index in [2.05, 4.69) is 28.3 Å². The molecule has 0 spiro atoms. The van der Waals surface area contributed by atoms with Crippen molar-refractivity contribution in [1.29, 1.82) is 0 Å². The standard InChI is InChI=1S/C15H23BrN2O3/c1-4-11-9(7-8-21-11)14(18-17)10-5-6-12(19-2)13(16)15(10)20-3/h5-6,9,11,14,18H,4,7-8,17H2,1-3H3. The maximum atomic E-state index is 5.84. The molecule has 0 saturated carbocycles. The minimum absolute atomic E-state index is 0.0189. The summed E-state index contributed by atoms with van der Waals surface area (Å²) in [6, 6.07) is 3.90. The van der Waals surface area contributed by atoms with Crippen molar-refractivity contribution < 1.29 is 14.2 Å². The lowest BCUT2D eigenvalue weighted by atomic mass is 9.86. The largest absolute Gasteiger partial charge is 0.495 e. The van der Waals surface area contributed by atoms with Gasteiger partial charge in [0.25, 0.3) is 0 Å². The second-order valence-corrected chi connectivity index (χ2v) is 5.91. The molecule has 1 aromatic rings. The lowest BCUT2D eigenvalue weighted by Crippen LogP contribution is -2.37. The molecule has 3 atom stereocenters. The second kappa shape index (κ2) is 7.45. The molecule has 0 aromatic heterocycles. The fourth-order valence-electron chi connectivity index (χ4n) is 3.07. The van der Waals surface area contributed by atoms with E-state index in [0.29, 0.717) is 5.92 Å². The van der Waals surface area contributed by atoms with Gasteiger partial charge in [0.2, 0.25) is 0 Å². The van der Waals surface area contributed by atoms with Crippen LogP contribution in [0.1, 0.15) is 31.4 Å². The second-order valence-electron chi connectivity index (χ2n) is 5.12. The molecule has 1 saturated heterocycles. The van der Waals surface area contributed by atoms with E-state index in [1.807, 2.05) is 12.1 Å². The first-order valence-corrected chi connectivity index (χ1v) is 7.95. The van der Waals surface area contributed by atoms with Gasteiger partial charge in [-0.15, -0.1) is 0 Å². The summed E-state index contributed by atoms with van der Waals surface area (Å²) in [6.07, 6.45) is 2.18. The van der Waals surface area contributed by atoms with E-state index in [4.69, 9.17) is 20.1 Å². The Morgan fingerprint density at radius 2 is 2.19 bits per heavy atom. The summed E-state index contributed by atoms with van der Waals surface area (Å²) in [5, 5.41) is 0. The fraction of sp³-hybridized carbons (Fsp3) is 0.600. The summed E-state index contributed by atoms with van der Waals surface area (Å²) < 4.78 is 17.5. The molecule has 0 radical (unpaired) electrons. The Bertz CT molecular complexity index is 484. The van der Waals surface area contributed by atoms with E-state index in [0.717, 1.165) is 41.0 Å². The summed E-state index contributed by atoms with van der Waals surface area (Å²) in [5.41, 5.74) is 3.96. The molecular formula is C15H23BrN2O3. The Labute approximate surface area is 134 Å². The third-order valence-corrected chi connectivity index (χ3v) is 4.87. The molecule has 21 heavy (non-hydrogen) atoms. The number of halogens is 1. The zero-order valence-corrected chi connectivity index (χ0v) is 14.3. The van der Waals surface area contributed by atoms with Gasteiger partial charge in [-0.2, -0.15) is 0 Å². The van der Waals surface area contributed by atoms with Crippen LogP contribution in [0.3, 0.4) is 0 Å². The van der Waals surface area contributed by atoms with Crippen LogP contribution < -0.4 is 20.7 Å². The van der Waals surface area contributed by atoms with Gasteiger partial charge in [-0.25, -0.2) is 0 Å². The molecule has 1 aliphatic heterocycles. The van der Waals surface area contributed by atoms with Gasteiger partial charge in [0, 0.05) is 18.1 Å². The van der Waals surface area contributed by atoms with Crippen LogP contribution >= 0.6 is 15.9 Å². The van der Waals surface area contributed by atoms with Crippen LogP contribution in [0, 0.1) is 5.92 Å². The molecule has 6 heteroatoms. The number of hydrazine groups is 1. The van der Waals surface area contributed by atoms with Crippen LogP contribution in [0.2, 0.25) is 0 Å². The van der Waals surface area contributed by atoms with Crippen molar-refractivity contribution >= 4 is 15.9 Å². The molecule has 1 aliphatic rings. The molecule has 118 valence electrons. The van der Waals surface area contributed by atoms with Gasteiger partial charge < -0.3 is 14.2 Å². The van der Waals surface area contributed by atoms with E-state index in [1.165, 1.54) is 0 Å². The number of nitrogens with one attached hydrogen (secondary N) is 1. The van der Waals surface area contributed by atoms with Gasteiger partial charge in [-0.3, -0.25) is 11.3 Å². The predicted octanol–water partition coefficient (Wildman–Crippen LogP) is 2.79. The Balaban J connectivity index is 2.40. The molecular weight excluding hydrogens is 336 g/mol. The van der Waals surface area contributed by atoms with Gasteiger partial charge in [-0.05, 0) is 40.9 Å². The van der Waals surface area contributed by atoms with Gasteiger partial charge in [0.15, 0.2) is 0 Å². The number of methoxy groups -OCH3 is 2. The van der Waals surface area contributed by atoms with Crippen LogP contribution in [0.4, 0.5) is 0 Å². The quantitative estimate of drug-likeness (QED) is 0.604. The topological polar surface area (TPSA) is 65.7 Å². The van der Waals surface area contributed by atoms with Crippen LogP contribution in [0.15, 0.2) is 16.6 Å². The van der Waals surface area contributed by atoms with Crippen LogP contribution in [-0.4, -0.2) is 26.9 Å². The number of hydrogen-bond donors (Lipinski definition) is 2. The average Bonchev–Trinajstić information content (AvgIpc) is 2.97. The number of rotatable bonds is 6. The van der Waals surface area contributed by atoms with E-state index in [1.54, 1.807) is 14.2 Å². The molecule has 1 heterocycles. The fourth-order valence-corrected chi connectivity index (χ4v) is 3.76. The Kier molecular flexibility index (Phi) is 5.87. The zero-order chi connectivity index (χ0) is 15.4. The van der Waals surface area contributed by atoms with Gasteiger partial charge in [-0.1, -0.05) is 6.92 Å². The maximum Gasteiger partial charge on any atom is 0.141 e. The highest BCUT2D eigenvalue weighted by atomic mass is 79.9. The highest BCUT2D eigenvalue weighted by molar-refractivity contribution is 9.10. The van der Waals surface area contributed by atoms with Crippen molar-refractivity contribution in [2.45, 2.75) is 31.9 Å². The van der Waals surface area contributed by atoms with Crippen molar-refractivity contribution in [2.75, 3.05) is 20.8 Å². The lowest BCUT2D eigenvalue weighted by molar-refractivity contribution is 0.0771. The van der Waals surface area contributed by atoms with Crippen molar-refractivity contribution in [3.05, 3.63) is 22.2 Å². The molecule has 3 N–H and O–H groups in total. The number of hydrogen-bond acceptors (Lipinski definition) is 5. The SMILES string of the molecule is CCC1OCCC1C(NN)c1ccc(OC)c(Br)c1OC. The Morgan fingerprint density at radius 3 is 2.76 bits per heavy atom. The number of ether oxygens (including phenoxy) is 3. The van der Waals surface area contributed by atoms with Crippen molar-refractivity contribution in [2.24, 2.45) is 11.8 Å². The minimum atomic E-state index is -0.0189. The first-order valence-electron chi connectivity index (χ1n) is 7.16. The number of benzene rings is 1. The highest BCUT2D eigenvalue weighted by Gasteiger charge is 2.36. The molecule has 0 bridgehead atoms. The maximum absolute atomic E-state index is 5.84. The summed E-state index contributed by atoms with van der Waals surface area (Å²) in [5.74, 6) is 7.65. The highest BCUT2D eigenvalue weighted by Crippen LogP contribution is 2.43. The summed E-state index contributed by atoms with van der Waals surface area (Å²) >= 11 is 3.54. The van der Waals surface area contributed by atoms with Crippen molar-refractivity contribution in [3.8, 4) is 11.5 Å². The lowest BCUT2D eigenvalue weighted by Gasteiger charge is -2.28. The van der Waals surface area contributed by atoms with Crippen LogP contribution in [-0.2, 0) is 4.74 Å². The Hall–Kier alpha value is -0.820. The van der Waals surface area contributed by atoms with Gasteiger partial charge in [0.05, 0.1) is 26.4 Å². The summed E-state index contributed by atoms with van der Waals surface area (Å²) in [7, 11) is 3.29. The van der Waals surface area contributed by atoms with Gasteiger partial charge >= 0.3 is 0 Å². The molecule has 5 nitrogen and oxygen atoms in total. The molecule has 0 aliphatic carbocycles. The smallest absolute Gasteiger partial charge is 0.141 e. The average molecular weight is 359 g/mol.